The van der Waals surface area contributed by atoms with Crippen molar-refractivity contribution in [2.24, 2.45) is 6.98 Å². The van der Waals surface area contributed by atoms with Gasteiger partial charge >= 0.3 is 0 Å². The second-order valence-corrected chi connectivity index (χ2v) is 0.951. The van der Waals surface area contributed by atoms with E-state index in [-0.39, 0.29) is 0 Å². The van der Waals surface area contributed by atoms with E-state index in [4.69, 9.17) is 4.11 Å². The predicted molar refractivity (Wildman–Crippen MR) is 23.2 cm³/mol. The molecule has 0 N–H and O–H groups in total. The van der Waals surface area contributed by atoms with E-state index in [1.807, 2.05) is 0 Å². The molecule has 0 fully saturated rings. The summed E-state index contributed by atoms with van der Waals surface area (Å²) in [7, 11) is 0. The van der Waals surface area contributed by atoms with Gasteiger partial charge < -0.3 is 0 Å². The highest BCUT2D eigenvalue weighted by molar-refractivity contribution is 4.75. The van der Waals surface area contributed by atoms with Crippen LogP contribution in [0.25, 0.3) is 0 Å². The Morgan fingerprint density at radius 2 is 3.00 bits per heavy atom. The van der Waals surface area contributed by atoms with Gasteiger partial charge in [0.2, 0.25) is 0 Å². The van der Waals surface area contributed by atoms with E-state index in [0.717, 1.165) is 4.68 Å². The molecule has 0 radical (unpaired) electrons. The zero-order valence-corrected chi connectivity index (χ0v) is 3.13. The first kappa shape index (κ1) is 1.37. The van der Waals surface area contributed by atoms with E-state index < -0.39 is 6.98 Å². The second kappa shape index (κ2) is 1.12. The largest absolute Gasteiger partial charge is 0.276 e. The van der Waals surface area contributed by atoms with E-state index in [0.29, 0.717) is 0 Å². The molecule has 1 aromatic heterocycles. The van der Waals surface area contributed by atoms with Crippen LogP contribution in [-0.4, -0.2) is 9.78 Å². The first-order valence-corrected chi connectivity index (χ1v) is 1.61. The summed E-state index contributed by atoms with van der Waals surface area (Å²) in [6.07, 6.45) is 2.85. The van der Waals surface area contributed by atoms with Crippen LogP contribution in [0.1, 0.15) is 4.11 Å². The highest BCUT2D eigenvalue weighted by atomic mass is 15.2. The summed E-state index contributed by atoms with van der Waals surface area (Å²) in [4.78, 5) is 0. The third-order valence-corrected chi connectivity index (χ3v) is 0.504. The van der Waals surface area contributed by atoms with Crippen LogP contribution in [0.2, 0.25) is 0 Å². The maximum Gasteiger partial charge on any atom is 0.0489 e. The molecule has 32 valence electrons. The normalized spacial score (nSPS) is 18.3. The molecule has 0 aromatic carbocycles. The first-order chi connectivity index (χ1) is 4.11. The van der Waals surface area contributed by atoms with Crippen LogP contribution in [0.3, 0.4) is 0 Å². The van der Waals surface area contributed by atoms with E-state index in [1.54, 1.807) is 6.07 Å². The minimum atomic E-state index is -2.12. The summed E-state index contributed by atoms with van der Waals surface area (Å²) in [5.74, 6) is 0. The molecule has 2 nitrogen and oxygen atoms in total. The van der Waals surface area contributed by atoms with E-state index in [2.05, 4.69) is 5.10 Å². The van der Waals surface area contributed by atoms with Crippen LogP contribution in [-0.2, 0) is 6.98 Å². The number of aryl methyl sites for hydroxylation is 1. The molecule has 1 rings (SSSR count). The molecule has 0 saturated carbocycles. The minimum Gasteiger partial charge on any atom is -0.276 e. The van der Waals surface area contributed by atoms with Crippen molar-refractivity contribution in [3.05, 3.63) is 18.5 Å². The third-order valence-electron chi connectivity index (χ3n) is 0.504. The van der Waals surface area contributed by atoms with E-state index in [9.17, 15) is 0 Å². The van der Waals surface area contributed by atoms with Crippen LogP contribution >= 0.6 is 0 Å². The molecule has 0 amide bonds. The quantitative estimate of drug-likeness (QED) is 0.446. The van der Waals surface area contributed by atoms with Crippen LogP contribution in [0.5, 0.6) is 0 Å². The molecule has 0 aliphatic rings. The summed E-state index contributed by atoms with van der Waals surface area (Å²) in [5, 5.41) is 3.54. The summed E-state index contributed by atoms with van der Waals surface area (Å²) >= 11 is 0. The van der Waals surface area contributed by atoms with Crippen LogP contribution < -0.4 is 0 Å². The average Bonchev–Trinajstić information content (AvgIpc) is 2.08. The lowest BCUT2D eigenvalue weighted by Crippen LogP contribution is -1.83. The fraction of sp³-hybridized carbons (Fsp3) is 0.250. The fourth-order valence-corrected chi connectivity index (χ4v) is 0.269. The molecule has 0 bridgehead atoms. The molecular formula is C4H6N2. The van der Waals surface area contributed by atoms with Gasteiger partial charge in [0.15, 0.2) is 0 Å². The lowest BCUT2D eigenvalue weighted by molar-refractivity contribution is 0.768. The van der Waals surface area contributed by atoms with Crippen molar-refractivity contribution in [1.29, 1.82) is 0 Å². The van der Waals surface area contributed by atoms with Crippen LogP contribution in [0.4, 0.5) is 0 Å². The van der Waals surface area contributed by atoms with E-state index >= 15 is 0 Å². The van der Waals surface area contributed by atoms with Gasteiger partial charge in [-0.15, -0.1) is 0 Å². The minimum absolute atomic E-state index is 0.938. The number of hydrogen-bond acceptors (Lipinski definition) is 1. The molecule has 0 atom stereocenters. The van der Waals surface area contributed by atoms with Gasteiger partial charge in [-0.05, 0) is 6.07 Å². The number of hydrogen-bond donors (Lipinski definition) is 0. The maximum absolute atomic E-state index is 6.82. The molecule has 0 aliphatic carbocycles. The molecule has 1 heterocycles. The molecule has 6 heavy (non-hydrogen) atoms. The Bertz CT molecular complexity index is 176. The zero-order chi connectivity index (χ0) is 6.91. The van der Waals surface area contributed by atoms with Gasteiger partial charge in [-0.2, -0.15) is 5.10 Å². The molecule has 1 aromatic rings. The monoisotopic (exact) mass is 85.1 g/mol. The summed E-state index contributed by atoms with van der Waals surface area (Å²) in [6.45, 7) is -2.12. The molecule has 2 heteroatoms. The van der Waals surface area contributed by atoms with Crippen molar-refractivity contribution in [1.82, 2.24) is 9.78 Å². The number of aromatic nitrogens is 2. The van der Waals surface area contributed by atoms with Crippen LogP contribution in [0.15, 0.2) is 18.5 Å². The highest BCUT2D eigenvalue weighted by Crippen LogP contribution is 1.73. The average molecular weight is 85.1 g/mol. The molecule has 0 saturated heterocycles. The van der Waals surface area contributed by atoms with Gasteiger partial charge in [-0.3, -0.25) is 4.68 Å². The van der Waals surface area contributed by atoms with E-state index in [1.165, 1.54) is 12.4 Å². The van der Waals surface area contributed by atoms with Gasteiger partial charge in [0.1, 0.15) is 0 Å². The molecule has 0 spiro atoms. The molecule has 0 aliphatic heterocycles. The second-order valence-electron chi connectivity index (χ2n) is 0.951. The smallest absolute Gasteiger partial charge is 0.0489 e. The summed E-state index contributed by atoms with van der Waals surface area (Å²) < 4.78 is 21.4. The fourth-order valence-electron chi connectivity index (χ4n) is 0.269. The predicted octanol–water partition coefficient (Wildman–Crippen LogP) is 0.420. The van der Waals surface area contributed by atoms with Gasteiger partial charge in [0.25, 0.3) is 0 Å². The number of nitrogens with zero attached hydrogens (tertiary/aromatic N) is 2. The van der Waals surface area contributed by atoms with Gasteiger partial charge in [-0.1, -0.05) is 0 Å². The Morgan fingerprint density at radius 1 is 2.00 bits per heavy atom. The van der Waals surface area contributed by atoms with Gasteiger partial charge in [0, 0.05) is 23.5 Å². The first-order valence-electron chi connectivity index (χ1n) is 3.11. The van der Waals surface area contributed by atoms with Crippen molar-refractivity contribution in [2.45, 2.75) is 0 Å². The van der Waals surface area contributed by atoms with Crippen molar-refractivity contribution in [3.8, 4) is 0 Å². The van der Waals surface area contributed by atoms with Crippen molar-refractivity contribution >= 4 is 0 Å². The van der Waals surface area contributed by atoms with Crippen molar-refractivity contribution in [3.63, 3.8) is 0 Å². The summed E-state index contributed by atoms with van der Waals surface area (Å²) in [6, 6.07) is 1.58. The third kappa shape index (κ3) is 0.407. The Labute approximate surface area is 40.6 Å². The lowest BCUT2D eigenvalue weighted by atomic mass is 10.8. The van der Waals surface area contributed by atoms with Gasteiger partial charge in [0.05, 0.1) is 0 Å². The maximum atomic E-state index is 6.82. The van der Waals surface area contributed by atoms with Crippen LogP contribution in [0, 0.1) is 0 Å². The molecule has 0 unspecified atom stereocenters. The summed E-state index contributed by atoms with van der Waals surface area (Å²) in [5.41, 5.74) is 0. The lowest BCUT2D eigenvalue weighted by Gasteiger charge is -1.77. The Balaban J connectivity index is 2.90. The number of rotatable bonds is 0. The zero-order valence-electron chi connectivity index (χ0n) is 6.13. The molecular weight excluding hydrogens is 76.1 g/mol. The highest BCUT2D eigenvalue weighted by Gasteiger charge is 1.69. The Hall–Kier alpha value is -0.790. The Kier molecular flexibility index (Phi) is 0.257. The topological polar surface area (TPSA) is 17.8 Å². The SMILES string of the molecule is [2H]C([2H])([2H])n1cccn1. The van der Waals surface area contributed by atoms with Gasteiger partial charge in [-0.25, -0.2) is 0 Å². The van der Waals surface area contributed by atoms with Crippen molar-refractivity contribution in [2.75, 3.05) is 0 Å². The van der Waals surface area contributed by atoms with Crippen molar-refractivity contribution < 1.29 is 4.11 Å². The Morgan fingerprint density at radius 3 is 3.33 bits per heavy atom. The standard InChI is InChI=1S/C4H6N2/c1-6-4-2-3-5-6/h2-4H,1H3/i1D3.